The highest BCUT2D eigenvalue weighted by atomic mass is 32.2. The highest BCUT2D eigenvalue weighted by Crippen LogP contribution is 2.24. The molecule has 4 aromatic rings. The third kappa shape index (κ3) is 4.89. The summed E-state index contributed by atoms with van der Waals surface area (Å²) in [6.45, 7) is 1.69. The molecule has 2 heterocycles. The lowest BCUT2D eigenvalue weighted by Gasteiger charge is -2.16. The molecule has 1 unspecified atom stereocenters. The number of H-pyrrole nitrogens is 1. The molecule has 5 nitrogen and oxygen atoms in total. The van der Waals surface area contributed by atoms with Gasteiger partial charge in [-0.15, -0.1) is 11.3 Å². The van der Waals surface area contributed by atoms with Crippen LogP contribution >= 0.6 is 11.3 Å². The Labute approximate surface area is 185 Å². The number of aliphatic hydroxyl groups excluding tert-OH is 1. The van der Waals surface area contributed by atoms with E-state index in [2.05, 4.69) is 21.5 Å². The summed E-state index contributed by atoms with van der Waals surface area (Å²) < 4.78 is 28.9. The van der Waals surface area contributed by atoms with Crippen molar-refractivity contribution in [3.63, 3.8) is 0 Å². The average molecular weight is 451 g/mol. The smallest absolute Gasteiger partial charge is 0.251 e. The summed E-state index contributed by atoms with van der Waals surface area (Å²) in [5, 5.41) is 12.6. The zero-order valence-electron chi connectivity index (χ0n) is 16.9. The molecule has 0 aliphatic rings. The number of hydrogen-bond donors (Lipinski definition) is 3. The molecule has 7 heteroatoms. The van der Waals surface area contributed by atoms with E-state index in [1.54, 1.807) is 11.4 Å². The van der Waals surface area contributed by atoms with Gasteiger partial charge in [0.25, 0.3) is 10.0 Å². The molecule has 2 aromatic carbocycles. The summed E-state index contributed by atoms with van der Waals surface area (Å²) in [5.74, 6) is 5.99. The van der Waals surface area contributed by atoms with Gasteiger partial charge in [-0.25, -0.2) is 13.1 Å². The molecular formula is C24H22N2O3S2. The predicted octanol–water partition coefficient (Wildman–Crippen LogP) is 3.82. The van der Waals surface area contributed by atoms with Gasteiger partial charge in [0.05, 0.1) is 12.2 Å². The Hall–Kier alpha value is -2.89. The molecule has 0 bridgehead atoms. The summed E-state index contributed by atoms with van der Waals surface area (Å²) in [6, 6.07) is 16.6. The largest absolute Gasteiger partial charge is 0.395 e. The fraction of sp³-hybridized carbons (Fsp3) is 0.167. The number of aliphatic hydroxyl groups is 1. The van der Waals surface area contributed by atoms with E-state index in [1.165, 1.54) is 0 Å². The molecule has 31 heavy (non-hydrogen) atoms. The fourth-order valence-corrected chi connectivity index (χ4v) is 5.86. The van der Waals surface area contributed by atoms with Crippen molar-refractivity contribution in [1.82, 2.24) is 9.71 Å². The first-order chi connectivity index (χ1) is 15.0. The van der Waals surface area contributed by atoms with Gasteiger partial charge in [-0.3, -0.25) is 0 Å². The lowest BCUT2D eigenvalue weighted by Crippen LogP contribution is -2.38. The Morgan fingerprint density at radius 3 is 2.65 bits per heavy atom. The lowest BCUT2D eigenvalue weighted by molar-refractivity contribution is 0.256. The van der Waals surface area contributed by atoms with Gasteiger partial charge in [-0.2, -0.15) is 0 Å². The van der Waals surface area contributed by atoms with Crippen LogP contribution in [0, 0.1) is 18.8 Å². The lowest BCUT2D eigenvalue weighted by atomic mass is 10.1. The Kier molecular flexibility index (Phi) is 6.25. The molecule has 4 rings (SSSR count). The number of hydrogen-bond acceptors (Lipinski definition) is 4. The van der Waals surface area contributed by atoms with Crippen molar-refractivity contribution in [2.24, 2.45) is 0 Å². The fourth-order valence-electron chi connectivity index (χ4n) is 3.35. The third-order valence-corrected chi connectivity index (χ3v) is 7.96. The van der Waals surface area contributed by atoms with Gasteiger partial charge in [0.1, 0.15) is 0 Å². The number of benzene rings is 2. The summed E-state index contributed by atoms with van der Waals surface area (Å²) in [5.41, 5.74) is 4.33. The topological polar surface area (TPSA) is 82.2 Å². The summed E-state index contributed by atoms with van der Waals surface area (Å²) in [7, 11) is -3.83. The van der Waals surface area contributed by atoms with Gasteiger partial charge in [0.15, 0.2) is 4.21 Å². The molecule has 2 aromatic heterocycles. The van der Waals surface area contributed by atoms with Crippen molar-refractivity contribution in [2.75, 3.05) is 6.61 Å². The molecule has 0 fully saturated rings. The Balaban J connectivity index is 1.55. The molecule has 1 atom stereocenters. The third-order valence-electron chi connectivity index (χ3n) is 4.95. The first kappa shape index (κ1) is 21.3. The van der Waals surface area contributed by atoms with Crippen LogP contribution in [0.2, 0.25) is 0 Å². The van der Waals surface area contributed by atoms with Gasteiger partial charge in [0.2, 0.25) is 0 Å². The van der Waals surface area contributed by atoms with Gasteiger partial charge < -0.3 is 10.1 Å². The van der Waals surface area contributed by atoms with E-state index < -0.39 is 16.1 Å². The van der Waals surface area contributed by atoms with Crippen molar-refractivity contribution >= 4 is 32.3 Å². The molecule has 3 N–H and O–H groups in total. The Bertz CT molecular complexity index is 1360. The Morgan fingerprint density at radius 2 is 1.87 bits per heavy atom. The van der Waals surface area contributed by atoms with Crippen molar-refractivity contribution in [3.05, 3.63) is 88.4 Å². The van der Waals surface area contributed by atoms with Crippen molar-refractivity contribution < 1.29 is 13.5 Å². The second kappa shape index (κ2) is 9.08. The molecule has 0 spiro atoms. The molecular weight excluding hydrogens is 428 g/mol. The van der Waals surface area contributed by atoms with Gasteiger partial charge in [-0.1, -0.05) is 47.7 Å². The maximum Gasteiger partial charge on any atom is 0.251 e. The van der Waals surface area contributed by atoms with E-state index in [0.717, 1.165) is 38.9 Å². The van der Waals surface area contributed by atoms with Crippen LogP contribution in [0.5, 0.6) is 0 Å². The van der Waals surface area contributed by atoms with Crippen LogP contribution in [0.4, 0.5) is 0 Å². The zero-order valence-corrected chi connectivity index (χ0v) is 18.6. The standard InChI is InChI=1S/C24H22N2O3S2/c1-17-6-8-18(9-7-17)10-11-19-12-13-30-24(19)31(28,29)26-21(16-27)14-20-15-25-23-5-3-2-4-22(20)23/h2-9,12-13,15,21,25-27H,14,16H2,1H3. The van der Waals surface area contributed by atoms with E-state index in [9.17, 15) is 13.5 Å². The van der Waals surface area contributed by atoms with E-state index in [0.29, 0.717) is 12.0 Å². The van der Waals surface area contributed by atoms with Crippen LogP contribution in [0.15, 0.2) is 70.4 Å². The summed E-state index contributed by atoms with van der Waals surface area (Å²) in [4.78, 5) is 3.18. The van der Waals surface area contributed by atoms with Gasteiger partial charge in [0, 0.05) is 28.7 Å². The second-order valence-corrected chi connectivity index (χ2v) is 10.1. The molecule has 0 aliphatic carbocycles. The van der Waals surface area contributed by atoms with Crippen molar-refractivity contribution in [2.45, 2.75) is 23.6 Å². The SMILES string of the molecule is Cc1ccc(C#Cc2ccsc2S(=O)(=O)NC(CO)Cc2c[nH]c3ccccc23)cc1. The number of sulfonamides is 1. The van der Waals surface area contributed by atoms with E-state index in [-0.39, 0.29) is 10.8 Å². The van der Waals surface area contributed by atoms with Gasteiger partial charge in [-0.05, 0) is 48.6 Å². The first-order valence-corrected chi connectivity index (χ1v) is 12.2. The highest BCUT2D eigenvalue weighted by Gasteiger charge is 2.24. The maximum atomic E-state index is 13.0. The minimum atomic E-state index is -3.83. The summed E-state index contributed by atoms with van der Waals surface area (Å²) in [6.07, 6.45) is 2.22. The highest BCUT2D eigenvalue weighted by molar-refractivity contribution is 7.91. The van der Waals surface area contributed by atoms with Crippen LogP contribution in [0.25, 0.3) is 10.9 Å². The van der Waals surface area contributed by atoms with Crippen LogP contribution in [-0.2, 0) is 16.4 Å². The quantitative estimate of drug-likeness (QED) is 0.391. The van der Waals surface area contributed by atoms with Crippen molar-refractivity contribution in [1.29, 1.82) is 0 Å². The second-order valence-electron chi connectivity index (χ2n) is 7.30. The number of nitrogens with one attached hydrogen (secondary N) is 2. The molecule has 158 valence electrons. The number of thiophene rings is 1. The molecule has 0 aliphatic heterocycles. The monoisotopic (exact) mass is 450 g/mol. The van der Waals surface area contributed by atoms with Gasteiger partial charge >= 0.3 is 0 Å². The molecule has 0 saturated heterocycles. The van der Waals surface area contributed by atoms with Crippen LogP contribution in [0.1, 0.15) is 22.3 Å². The minimum Gasteiger partial charge on any atom is -0.395 e. The molecule has 0 saturated carbocycles. The van der Waals surface area contributed by atoms with Crippen molar-refractivity contribution in [3.8, 4) is 11.8 Å². The maximum absolute atomic E-state index is 13.0. The minimum absolute atomic E-state index is 0.157. The number of fused-ring (bicyclic) bond motifs is 1. The first-order valence-electron chi connectivity index (χ1n) is 9.80. The zero-order chi connectivity index (χ0) is 21.8. The molecule has 0 amide bonds. The number of para-hydroxylation sites is 1. The number of aromatic amines is 1. The normalized spacial score (nSPS) is 12.5. The predicted molar refractivity (Wildman–Crippen MR) is 125 cm³/mol. The summed E-state index contributed by atoms with van der Waals surface area (Å²) >= 11 is 1.12. The van der Waals surface area contributed by atoms with Crippen LogP contribution in [0.3, 0.4) is 0 Å². The van der Waals surface area contributed by atoms with E-state index >= 15 is 0 Å². The number of aryl methyl sites for hydroxylation is 1. The number of aromatic nitrogens is 1. The van der Waals surface area contributed by atoms with Crippen LogP contribution in [-0.4, -0.2) is 31.2 Å². The van der Waals surface area contributed by atoms with E-state index in [1.807, 2.05) is 61.7 Å². The Morgan fingerprint density at radius 1 is 1.10 bits per heavy atom. The average Bonchev–Trinajstić information content (AvgIpc) is 3.40. The molecule has 0 radical (unpaired) electrons. The van der Waals surface area contributed by atoms with E-state index in [4.69, 9.17) is 0 Å². The van der Waals surface area contributed by atoms with Crippen LogP contribution < -0.4 is 4.72 Å². The number of rotatable bonds is 6.